The van der Waals surface area contributed by atoms with Crippen molar-refractivity contribution in [3.8, 4) is 0 Å². The van der Waals surface area contributed by atoms with E-state index >= 15 is 0 Å². The largest absolute Gasteiger partial charge is 0.407 e. The van der Waals surface area contributed by atoms with E-state index in [1.54, 1.807) is 7.11 Å². The van der Waals surface area contributed by atoms with Gasteiger partial charge in [-0.15, -0.1) is 5.10 Å². The molecule has 2 N–H and O–H groups in total. The van der Waals surface area contributed by atoms with Gasteiger partial charge >= 0.3 is 6.01 Å². The summed E-state index contributed by atoms with van der Waals surface area (Å²) in [6.45, 7) is 5.01. The minimum atomic E-state index is -0.661. The molecule has 0 radical (unpaired) electrons. The number of aliphatic hydroxyl groups is 1. The van der Waals surface area contributed by atoms with Crippen molar-refractivity contribution in [2.75, 3.05) is 38.3 Å². The van der Waals surface area contributed by atoms with E-state index in [2.05, 4.69) is 15.5 Å². The second-order valence-electron chi connectivity index (χ2n) is 4.82. The van der Waals surface area contributed by atoms with Crippen LogP contribution >= 0.6 is 0 Å². The van der Waals surface area contributed by atoms with E-state index in [0.29, 0.717) is 31.6 Å². The van der Waals surface area contributed by atoms with Crippen LogP contribution in [0, 0.1) is 0 Å². The molecule has 1 saturated heterocycles. The highest BCUT2D eigenvalue weighted by atomic mass is 16.5. The predicted octanol–water partition coefficient (Wildman–Crippen LogP) is -0.233. The van der Waals surface area contributed by atoms with E-state index in [0.717, 1.165) is 19.5 Å². The predicted molar refractivity (Wildman–Crippen MR) is 65.3 cm³/mol. The van der Waals surface area contributed by atoms with Crippen molar-refractivity contribution >= 4 is 6.01 Å². The minimum Gasteiger partial charge on any atom is -0.407 e. The number of aromatic nitrogens is 2. The highest BCUT2D eigenvalue weighted by Gasteiger charge is 2.33. The van der Waals surface area contributed by atoms with Gasteiger partial charge in [-0.2, -0.15) is 0 Å². The normalized spacial score (nSPS) is 23.8. The Morgan fingerprint density at radius 1 is 1.56 bits per heavy atom. The fourth-order valence-electron chi connectivity index (χ4n) is 1.92. The zero-order valence-corrected chi connectivity index (χ0v) is 10.8. The van der Waals surface area contributed by atoms with Gasteiger partial charge in [0.2, 0.25) is 5.89 Å². The van der Waals surface area contributed by atoms with Gasteiger partial charge in [0, 0.05) is 20.2 Å². The number of ether oxygens (including phenoxy) is 1. The van der Waals surface area contributed by atoms with Gasteiger partial charge in [-0.25, -0.2) is 0 Å². The summed E-state index contributed by atoms with van der Waals surface area (Å²) in [6, 6.07) is 0.483. The lowest BCUT2D eigenvalue weighted by atomic mass is 10.1. The molecule has 1 fully saturated rings. The van der Waals surface area contributed by atoms with Crippen molar-refractivity contribution in [3.05, 3.63) is 5.89 Å². The van der Waals surface area contributed by atoms with Gasteiger partial charge in [-0.05, 0) is 13.3 Å². The van der Waals surface area contributed by atoms with Crippen molar-refractivity contribution in [1.82, 2.24) is 15.5 Å². The number of rotatable bonds is 6. The average molecular weight is 256 g/mol. The summed E-state index contributed by atoms with van der Waals surface area (Å²) in [5.74, 6) is 0.549. The number of β-amino-alcohol motifs (C(OH)–C–C–N with tert-alkyl or cyclic N) is 1. The fraction of sp³-hybridized carbons (Fsp3) is 0.818. The molecule has 0 aliphatic carbocycles. The molecule has 7 nitrogen and oxygen atoms in total. The molecule has 1 aromatic rings. The molecule has 0 spiro atoms. The molecule has 102 valence electrons. The van der Waals surface area contributed by atoms with Crippen molar-refractivity contribution in [2.24, 2.45) is 0 Å². The third kappa shape index (κ3) is 3.41. The average Bonchev–Trinajstić information content (AvgIpc) is 2.91. The van der Waals surface area contributed by atoms with E-state index in [4.69, 9.17) is 9.15 Å². The molecule has 0 amide bonds. The van der Waals surface area contributed by atoms with Crippen molar-refractivity contribution in [3.63, 3.8) is 0 Å². The fourth-order valence-corrected chi connectivity index (χ4v) is 1.92. The first-order valence-corrected chi connectivity index (χ1v) is 6.10. The summed E-state index contributed by atoms with van der Waals surface area (Å²) in [5.41, 5.74) is -0.661. The second-order valence-corrected chi connectivity index (χ2v) is 4.82. The molecule has 0 aromatic carbocycles. The van der Waals surface area contributed by atoms with E-state index in [1.807, 2.05) is 11.8 Å². The van der Waals surface area contributed by atoms with Gasteiger partial charge in [0.25, 0.3) is 0 Å². The summed E-state index contributed by atoms with van der Waals surface area (Å²) in [5, 5.41) is 21.0. The maximum atomic E-state index is 9.88. The second kappa shape index (κ2) is 5.64. The molecule has 2 rings (SSSR count). The third-order valence-electron chi connectivity index (χ3n) is 2.94. The van der Waals surface area contributed by atoms with Gasteiger partial charge in [-0.1, -0.05) is 5.10 Å². The van der Waals surface area contributed by atoms with Crippen LogP contribution in [0.25, 0.3) is 0 Å². The molecule has 18 heavy (non-hydrogen) atoms. The molecule has 1 aliphatic rings. The highest BCUT2D eigenvalue weighted by molar-refractivity contribution is 5.28. The number of hydrogen-bond donors (Lipinski definition) is 2. The zero-order chi connectivity index (χ0) is 13.0. The summed E-state index contributed by atoms with van der Waals surface area (Å²) in [7, 11) is 1.66. The Labute approximate surface area is 106 Å². The molecule has 7 heteroatoms. The molecule has 2 heterocycles. The van der Waals surface area contributed by atoms with Crippen LogP contribution in [0.15, 0.2) is 4.42 Å². The van der Waals surface area contributed by atoms with Crippen LogP contribution in [0.1, 0.15) is 19.2 Å². The lowest BCUT2D eigenvalue weighted by Crippen LogP contribution is -2.29. The molecule has 1 unspecified atom stereocenters. The van der Waals surface area contributed by atoms with Gasteiger partial charge < -0.3 is 24.5 Å². The summed E-state index contributed by atoms with van der Waals surface area (Å²) in [4.78, 5) is 1.91. The zero-order valence-electron chi connectivity index (χ0n) is 10.8. The number of anilines is 1. The molecular formula is C11H20N4O3. The summed E-state index contributed by atoms with van der Waals surface area (Å²) in [6.07, 6.45) is 0.719. The van der Waals surface area contributed by atoms with Crippen molar-refractivity contribution < 1.29 is 14.3 Å². The van der Waals surface area contributed by atoms with Gasteiger partial charge in [-0.3, -0.25) is 0 Å². The van der Waals surface area contributed by atoms with E-state index < -0.39 is 5.60 Å². The molecule has 0 saturated carbocycles. The molecule has 1 aromatic heterocycles. The van der Waals surface area contributed by atoms with E-state index in [-0.39, 0.29) is 0 Å². The first-order valence-electron chi connectivity index (χ1n) is 6.10. The highest BCUT2D eigenvalue weighted by Crippen LogP contribution is 2.25. The lowest BCUT2D eigenvalue weighted by molar-refractivity contribution is 0.0836. The van der Waals surface area contributed by atoms with Gasteiger partial charge in [0.05, 0.1) is 25.3 Å². The third-order valence-corrected chi connectivity index (χ3v) is 2.94. The Hall–Kier alpha value is -1.18. The van der Waals surface area contributed by atoms with Gasteiger partial charge in [0.15, 0.2) is 0 Å². The summed E-state index contributed by atoms with van der Waals surface area (Å²) >= 11 is 0. The number of methoxy groups -OCH3 is 1. The Morgan fingerprint density at radius 2 is 2.39 bits per heavy atom. The molecule has 1 aliphatic heterocycles. The standard InChI is InChI=1S/C11H20N4O3/c1-11(16)3-5-15(8-11)10-14-13-9(18-10)7-12-4-6-17-2/h12,16H,3-8H2,1-2H3. The van der Waals surface area contributed by atoms with Crippen LogP contribution < -0.4 is 10.2 Å². The quantitative estimate of drug-likeness (QED) is 0.680. The van der Waals surface area contributed by atoms with Crippen LogP contribution in [0.4, 0.5) is 6.01 Å². The molecule has 0 bridgehead atoms. The Morgan fingerprint density at radius 3 is 3.06 bits per heavy atom. The molecular weight excluding hydrogens is 236 g/mol. The van der Waals surface area contributed by atoms with E-state index in [1.165, 1.54) is 0 Å². The minimum absolute atomic E-state index is 0.483. The maximum absolute atomic E-state index is 9.88. The Bertz CT molecular complexity index is 380. The van der Waals surface area contributed by atoms with E-state index in [9.17, 15) is 5.11 Å². The van der Waals surface area contributed by atoms with Crippen LogP contribution in [0.5, 0.6) is 0 Å². The van der Waals surface area contributed by atoms with Crippen LogP contribution in [0.2, 0.25) is 0 Å². The first kappa shape index (κ1) is 13.3. The SMILES string of the molecule is COCCNCc1nnc(N2CCC(C)(O)C2)o1. The van der Waals surface area contributed by atoms with Crippen LogP contribution in [-0.4, -0.2) is 54.3 Å². The van der Waals surface area contributed by atoms with Crippen molar-refractivity contribution in [1.29, 1.82) is 0 Å². The summed E-state index contributed by atoms with van der Waals surface area (Å²) < 4.78 is 10.5. The molecule has 1 atom stereocenters. The van der Waals surface area contributed by atoms with Crippen LogP contribution in [0.3, 0.4) is 0 Å². The topological polar surface area (TPSA) is 83.7 Å². The number of hydrogen-bond acceptors (Lipinski definition) is 7. The first-order chi connectivity index (χ1) is 8.61. The van der Waals surface area contributed by atoms with Gasteiger partial charge in [0.1, 0.15) is 0 Å². The van der Waals surface area contributed by atoms with Crippen molar-refractivity contribution in [2.45, 2.75) is 25.5 Å². The van der Waals surface area contributed by atoms with Crippen LogP contribution in [-0.2, 0) is 11.3 Å². The Balaban J connectivity index is 1.83. The number of nitrogens with one attached hydrogen (secondary N) is 1. The number of nitrogens with zero attached hydrogens (tertiary/aromatic N) is 3. The smallest absolute Gasteiger partial charge is 0.318 e. The Kier molecular flexibility index (Phi) is 4.15. The monoisotopic (exact) mass is 256 g/mol. The lowest BCUT2D eigenvalue weighted by Gasteiger charge is -2.16. The maximum Gasteiger partial charge on any atom is 0.318 e.